The summed E-state index contributed by atoms with van der Waals surface area (Å²) < 4.78 is 0. The van der Waals surface area contributed by atoms with Gasteiger partial charge in [0.15, 0.2) is 0 Å². The number of thioether (sulfide) groups is 1. The maximum Gasteiger partial charge on any atom is 0.269 e. The van der Waals surface area contributed by atoms with Gasteiger partial charge in [-0.3, -0.25) is 25.1 Å². The average molecular weight is 570 g/mol. The molecule has 2 amide bonds. The van der Waals surface area contributed by atoms with Crippen molar-refractivity contribution >= 4 is 58.1 Å². The number of fused-ring (bicyclic) bond motifs is 2. The number of nitro benzene ring substituents is 1. The Hall–Kier alpha value is -4.48. The highest BCUT2D eigenvalue weighted by atomic mass is 32.2. The second-order valence-electron chi connectivity index (χ2n) is 9.09. The monoisotopic (exact) mass is 569 g/mol. The highest BCUT2D eigenvalue weighted by molar-refractivity contribution is 8.00. The molecule has 2 aliphatic heterocycles. The van der Waals surface area contributed by atoms with Crippen LogP contribution in [0.4, 0.5) is 22.7 Å². The molecule has 2 heterocycles. The number of hydrogen-bond donors (Lipinski definition) is 2. The van der Waals surface area contributed by atoms with Gasteiger partial charge in [0.05, 0.1) is 28.7 Å². The van der Waals surface area contributed by atoms with Gasteiger partial charge in [-0.05, 0) is 66.2 Å². The Morgan fingerprint density at radius 3 is 2.15 bits per heavy atom. The van der Waals surface area contributed by atoms with Crippen molar-refractivity contribution in [2.24, 2.45) is 0 Å². The Morgan fingerprint density at radius 2 is 1.52 bits per heavy atom. The fourth-order valence-corrected chi connectivity index (χ4v) is 6.79. The first-order chi connectivity index (χ1) is 19.5. The van der Waals surface area contributed by atoms with Crippen LogP contribution in [0, 0.1) is 10.1 Å². The van der Waals surface area contributed by atoms with E-state index >= 15 is 0 Å². The molecule has 40 heavy (non-hydrogen) atoms. The number of anilines is 3. The predicted molar refractivity (Wildman–Crippen MR) is 157 cm³/mol. The van der Waals surface area contributed by atoms with Crippen molar-refractivity contribution in [2.75, 3.05) is 22.6 Å². The number of carbonyl (C=O) groups is 2. The van der Waals surface area contributed by atoms with Crippen LogP contribution in [0.5, 0.6) is 0 Å². The lowest BCUT2D eigenvalue weighted by Gasteiger charge is -2.33. The van der Waals surface area contributed by atoms with Crippen molar-refractivity contribution in [3.8, 4) is 0 Å². The normalized spacial score (nSPS) is 15.8. The van der Waals surface area contributed by atoms with Gasteiger partial charge >= 0.3 is 0 Å². The van der Waals surface area contributed by atoms with E-state index in [0.717, 1.165) is 17.1 Å². The fraction of sp³-hybridized carbons (Fsp3) is 0.103. The molecule has 9 nitrogen and oxygen atoms in total. The number of nitrogens with zero attached hydrogens (tertiary/aromatic N) is 3. The van der Waals surface area contributed by atoms with Crippen LogP contribution in [0.15, 0.2) is 107 Å². The summed E-state index contributed by atoms with van der Waals surface area (Å²) in [5, 5.41) is 15.2. The van der Waals surface area contributed by atoms with E-state index in [1.807, 2.05) is 36.4 Å². The molecule has 0 bridgehead atoms. The molecule has 2 N–H and O–H groups in total. The van der Waals surface area contributed by atoms with Crippen LogP contribution in [0.3, 0.4) is 0 Å². The fourth-order valence-electron chi connectivity index (χ4n) is 4.59. The van der Waals surface area contributed by atoms with Crippen molar-refractivity contribution in [2.45, 2.75) is 15.2 Å². The second kappa shape index (κ2) is 10.9. The van der Waals surface area contributed by atoms with E-state index in [1.165, 1.54) is 38.7 Å². The van der Waals surface area contributed by atoms with Crippen LogP contribution < -0.4 is 15.6 Å². The summed E-state index contributed by atoms with van der Waals surface area (Å²) in [5.41, 5.74) is 6.89. The number of para-hydroxylation sites is 2. The van der Waals surface area contributed by atoms with Gasteiger partial charge in [-0.15, -0.1) is 11.8 Å². The van der Waals surface area contributed by atoms with Gasteiger partial charge in [-0.2, -0.15) is 0 Å². The Labute approximate surface area is 238 Å². The third-order valence-corrected chi connectivity index (χ3v) is 8.94. The van der Waals surface area contributed by atoms with Gasteiger partial charge in [0, 0.05) is 33.2 Å². The van der Waals surface area contributed by atoms with E-state index in [1.54, 1.807) is 36.0 Å². The molecular formula is C29H23N5O4S2. The maximum atomic E-state index is 13.0. The molecule has 0 aliphatic carbocycles. The van der Waals surface area contributed by atoms with Crippen molar-refractivity contribution in [1.82, 2.24) is 10.4 Å². The number of carbonyl (C=O) groups excluding carboxylic acids is 2. The molecule has 1 saturated heterocycles. The van der Waals surface area contributed by atoms with Gasteiger partial charge < -0.3 is 10.2 Å². The summed E-state index contributed by atoms with van der Waals surface area (Å²) in [6.07, 6.45) is 0. The minimum Gasteiger partial charge on any atom is -0.367 e. The van der Waals surface area contributed by atoms with E-state index in [0.29, 0.717) is 17.8 Å². The first-order valence-corrected chi connectivity index (χ1v) is 14.3. The van der Waals surface area contributed by atoms with Crippen molar-refractivity contribution in [3.63, 3.8) is 0 Å². The molecule has 1 atom stereocenters. The summed E-state index contributed by atoms with van der Waals surface area (Å²) in [7, 11) is 0. The zero-order chi connectivity index (χ0) is 27.6. The molecule has 6 rings (SSSR count). The molecule has 0 radical (unpaired) electrons. The van der Waals surface area contributed by atoms with Gasteiger partial charge in [0.25, 0.3) is 17.5 Å². The summed E-state index contributed by atoms with van der Waals surface area (Å²) in [6.45, 7) is 0.538. The molecule has 200 valence electrons. The highest BCUT2D eigenvalue weighted by Crippen LogP contribution is 2.47. The van der Waals surface area contributed by atoms with Crippen LogP contribution in [0.1, 0.15) is 21.3 Å². The number of hydrogen-bond acceptors (Lipinski definition) is 8. The molecular weight excluding hydrogens is 546 g/mol. The lowest BCUT2D eigenvalue weighted by molar-refractivity contribution is -0.384. The number of non-ortho nitro benzene ring substituents is 1. The zero-order valence-corrected chi connectivity index (χ0v) is 22.7. The third-order valence-electron chi connectivity index (χ3n) is 6.60. The summed E-state index contributed by atoms with van der Waals surface area (Å²) >= 11 is 3.11. The third kappa shape index (κ3) is 5.08. The Balaban J connectivity index is 1.13. The number of amides is 2. The Kier molecular flexibility index (Phi) is 7.06. The van der Waals surface area contributed by atoms with Gasteiger partial charge in [0.2, 0.25) is 0 Å². The summed E-state index contributed by atoms with van der Waals surface area (Å²) in [6, 6.07) is 29.7. The first-order valence-electron chi connectivity index (χ1n) is 12.4. The molecule has 1 unspecified atom stereocenters. The molecule has 4 aromatic carbocycles. The first kappa shape index (κ1) is 25.8. The Bertz CT molecular complexity index is 1550. The van der Waals surface area contributed by atoms with Crippen molar-refractivity contribution < 1.29 is 14.5 Å². The van der Waals surface area contributed by atoms with E-state index in [9.17, 15) is 19.7 Å². The minimum absolute atomic E-state index is 0.0325. The number of rotatable bonds is 7. The van der Waals surface area contributed by atoms with Crippen LogP contribution >= 0.6 is 23.5 Å². The minimum atomic E-state index is -0.474. The number of nitro groups is 1. The number of hydrazine groups is 1. The van der Waals surface area contributed by atoms with Crippen molar-refractivity contribution in [3.05, 3.63) is 118 Å². The van der Waals surface area contributed by atoms with Gasteiger partial charge in [0.1, 0.15) is 5.37 Å². The van der Waals surface area contributed by atoms with Crippen LogP contribution in [0.2, 0.25) is 0 Å². The molecule has 0 spiro atoms. The van der Waals surface area contributed by atoms with Crippen LogP contribution in [-0.2, 0) is 4.79 Å². The van der Waals surface area contributed by atoms with E-state index < -0.39 is 16.2 Å². The van der Waals surface area contributed by atoms with Crippen LogP contribution in [0.25, 0.3) is 0 Å². The van der Waals surface area contributed by atoms with E-state index in [4.69, 9.17) is 0 Å². The van der Waals surface area contributed by atoms with Crippen LogP contribution in [-0.4, -0.2) is 34.2 Å². The smallest absolute Gasteiger partial charge is 0.269 e. The second-order valence-corrected chi connectivity index (χ2v) is 11.2. The average Bonchev–Trinajstić information content (AvgIpc) is 3.35. The Morgan fingerprint density at radius 1 is 0.900 bits per heavy atom. The molecule has 1 fully saturated rings. The van der Waals surface area contributed by atoms with Gasteiger partial charge in [-0.1, -0.05) is 36.0 Å². The molecule has 11 heteroatoms. The SMILES string of the molecule is O=C(NN1C(=O)CSC1c1ccc([N+](=O)[O-])cc1)c1ccc(NCN2c3ccccc3Sc3ccccc32)cc1. The zero-order valence-electron chi connectivity index (χ0n) is 21.0. The molecule has 0 aromatic heterocycles. The largest absolute Gasteiger partial charge is 0.367 e. The molecule has 2 aliphatic rings. The van der Waals surface area contributed by atoms with Gasteiger partial charge in [-0.25, -0.2) is 5.01 Å². The lowest BCUT2D eigenvalue weighted by Crippen LogP contribution is -2.44. The predicted octanol–water partition coefficient (Wildman–Crippen LogP) is 6.19. The number of benzene rings is 4. The lowest BCUT2D eigenvalue weighted by atomic mass is 10.2. The van der Waals surface area contributed by atoms with Crippen molar-refractivity contribution in [1.29, 1.82) is 0 Å². The molecule has 4 aromatic rings. The maximum absolute atomic E-state index is 13.0. The van der Waals surface area contributed by atoms with E-state index in [-0.39, 0.29) is 17.3 Å². The number of nitrogens with one attached hydrogen (secondary N) is 2. The highest BCUT2D eigenvalue weighted by Gasteiger charge is 2.34. The van der Waals surface area contributed by atoms with E-state index in [2.05, 4.69) is 39.9 Å². The summed E-state index contributed by atoms with van der Waals surface area (Å²) in [4.78, 5) is 40.7. The standard InChI is InChI=1S/C29H23N5O4S2/c35-27-17-39-29(20-11-15-22(16-12-20)34(37)38)33(27)31-28(36)19-9-13-21(14-10-19)30-18-32-23-5-1-3-7-25(23)40-26-8-4-2-6-24(26)32/h1-16,29-30H,17-18H2,(H,31,36). The quantitative estimate of drug-likeness (QED) is 0.201. The topological polar surface area (TPSA) is 108 Å². The molecule has 0 saturated carbocycles. The summed E-state index contributed by atoms with van der Waals surface area (Å²) in [5.74, 6) is -0.447.